The summed E-state index contributed by atoms with van der Waals surface area (Å²) in [4.78, 5) is 40.5. The van der Waals surface area contributed by atoms with E-state index in [2.05, 4.69) is 25.3 Å². The number of ketones is 1. The molecule has 1 saturated heterocycles. The summed E-state index contributed by atoms with van der Waals surface area (Å²) in [5.41, 5.74) is 0.446. The van der Waals surface area contributed by atoms with Gasteiger partial charge in [-0.2, -0.15) is 0 Å². The Morgan fingerprint density at radius 2 is 1.91 bits per heavy atom. The highest BCUT2D eigenvalue weighted by atomic mass is 16.5. The third-order valence-corrected chi connectivity index (χ3v) is 10.9. The van der Waals surface area contributed by atoms with E-state index in [1.807, 2.05) is 0 Å². The van der Waals surface area contributed by atoms with Crippen molar-refractivity contribution in [2.45, 2.75) is 78.0 Å². The van der Waals surface area contributed by atoms with Gasteiger partial charge in [-0.3, -0.25) is 19.3 Å². The molecule has 7 bridgehead atoms. The highest BCUT2D eigenvalue weighted by Crippen LogP contribution is 2.83. The van der Waals surface area contributed by atoms with E-state index in [1.54, 1.807) is 0 Å². The zero-order chi connectivity index (χ0) is 22.8. The summed E-state index contributed by atoms with van der Waals surface area (Å²) >= 11 is 0. The number of Topliss-reactive ketones (excluding diaryl/α,β-unsaturated/α-hetero) is 1. The van der Waals surface area contributed by atoms with Gasteiger partial charge in [0.1, 0.15) is 18.0 Å². The molecular weight excluding hydrogens is 406 g/mol. The number of hydrogen-bond donors (Lipinski definition) is 0. The van der Waals surface area contributed by atoms with Crippen molar-refractivity contribution in [2.75, 3.05) is 13.1 Å². The summed E-state index contributed by atoms with van der Waals surface area (Å²) in [5.74, 6) is 0.322. The maximum Gasteiger partial charge on any atom is 0.303 e. The Bertz CT molecular complexity index is 945. The Labute approximate surface area is 190 Å². The fourth-order valence-corrected chi connectivity index (χ4v) is 10.4. The van der Waals surface area contributed by atoms with Crippen LogP contribution in [0.4, 0.5) is 0 Å². The van der Waals surface area contributed by atoms with Crippen molar-refractivity contribution >= 4 is 17.7 Å². The van der Waals surface area contributed by atoms with Crippen LogP contribution in [0, 0.1) is 39.9 Å². The summed E-state index contributed by atoms with van der Waals surface area (Å²) in [6.45, 7) is 13.9. The van der Waals surface area contributed by atoms with Crippen LogP contribution in [0.2, 0.25) is 0 Å². The minimum atomic E-state index is -0.405. The molecule has 0 aromatic rings. The van der Waals surface area contributed by atoms with E-state index >= 15 is 0 Å². The fraction of sp³-hybridized carbons (Fsp3) is 0.808. The van der Waals surface area contributed by atoms with Crippen LogP contribution in [0.5, 0.6) is 0 Å². The van der Waals surface area contributed by atoms with Gasteiger partial charge in [-0.05, 0) is 61.0 Å². The predicted octanol–water partition coefficient (Wildman–Crippen LogP) is 3.14. The van der Waals surface area contributed by atoms with E-state index < -0.39 is 6.10 Å². The van der Waals surface area contributed by atoms with Gasteiger partial charge in [0.15, 0.2) is 0 Å². The minimum absolute atomic E-state index is 0.0643. The molecule has 0 aromatic carbocycles. The summed E-state index contributed by atoms with van der Waals surface area (Å²) < 4.78 is 12.2. The Balaban J connectivity index is 1.59. The monoisotopic (exact) mass is 441 g/mol. The van der Waals surface area contributed by atoms with E-state index in [1.165, 1.54) is 13.8 Å². The quantitative estimate of drug-likeness (QED) is 0.495. The molecule has 5 aliphatic carbocycles. The molecule has 0 unspecified atom stereocenters. The van der Waals surface area contributed by atoms with E-state index in [0.29, 0.717) is 18.3 Å². The largest absolute Gasteiger partial charge is 0.462 e. The lowest BCUT2D eigenvalue weighted by molar-refractivity contribution is -0.224. The number of rotatable bonds is 3. The molecule has 1 heterocycles. The first-order chi connectivity index (χ1) is 15.1. The highest BCUT2D eigenvalue weighted by Gasteiger charge is 2.86. The van der Waals surface area contributed by atoms with Crippen LogP contribution >= 0.6 is 0 Å². The lowest BCUT2D eigenvalue weighted by atomic mass is 9.43. The van der Waals surface area contributed by atoms with Crippen LogP contribution in [-0.2, 0) is 23.9 Å². The number of hydrogen-bond acceptors (Lipinski definition) is 6. The molecule has 174 valence electrons. The predicted molar refractivity (Wildman–Crippen MR) is 116 cm³/mol. The molecule has 32 heavy (non-hydrogen) atoms. The van der Waals surface area contributed by atoms with E-state index in [-0.39, 0.29) is 57.9 Å². The van der Waals surface area contributed by atoms with Crippen LogP contribution in [0.25, 0.3) is 0 Å². The van der Waals surface area contributed by atoms with Crippen molar-refractivity contribution in [1.82, 2.24) is 4.90 Å². The zero-order valence-corrected chi connectivity index (χ0v) is 19.7. The molecule has 6 heteroatoms. The van der Waals surface area contributed by atoms with Crippen LogP contribution in [0.1, 0.15) is 59.8 Å². The maximum atomic E-state index is 13.4. The Morgan fingerprint density at radius 3 is 2.56 bits per heavy atom. The topological polar surface area (TPSA) is 72.9 Å². The van der Waals surface area contributed by atoms with Crippen LogP contribution < -0.4 is 0 Å². The summed E-state index contributed by atoms with van der Waals surface area (Å²) in [6, 6.07) is 0.260. The second-order valence-corrected chi connectivity index (χ2v) is 11.8. The van der Waals surface area contributed by atoms with Gasteiger partial charge in [0.05, 0.1) is 0 Å². The molecule has 2 spiro atoms. The Hall–Kier alpha value is -1.69. The van der Waals surface area contributed by atoms with Crippen molar-refractivity contribution in [3.05, 3.63) is 12.2 Å². The van der Waals surface area contributed by atoms with E-state index in [9.17, 15) is 14.4 Å². The van der Waals surface area contributed by atoms with E-state index in [0.717, 1.165) is 44.3 Å². The molecule has 10 atom stereocenters. The number of esters is 2. The first kappa shape index (κ1) is 20.9. The van der Waals surface area contributed by atoms with Gasteiger partial charge in [0.25, 0.3) is 0 Å². The number of piperidine rings is 1. The smallest absolute Gasteiger partial charge is 0.303 e. The third-order valence-electron chi connectivity index (χ3n) is 10.9. The number of nitrogens with zero attached hydrogens (tertiary/aromatic N) is 1. The molecule has 0 N–H and O–H groups in total. The standard InChI is InChI=1S/C26H35NO5/c1-6-27-12-24(5)8-7-21(31-14(3)28)26-19(24)9-17(22(26)27)25-11-16(18(30)10-20(25)26)13(2)23(25)32-15(4)29/h16-17,19-23H,2,6-12H2,1,3-5H3/t16-,17+,19-,20-,21+,22+,23-,24+,25+,26+/m1/s1. The third kappa shape index (κ3) is 2.10. The van der Waals surface area contributed by atoms with Gasteiger partial charge >= 0.3 is 11.9 Å². The molecule has 5 saturated carbocycles. The van der Waals surface area contributed by atoms with Crippen LogP contribution in [0.15, 0.2) is 12.2 Å². The molecule has 6 rings (SSSR count). The Kier molecular flexibility index (Phi) is 4.08. The first-order valence-corrected chi connectivity index (χ1v) is 12.4. The van der Waals surface area contributed by atoms with Crippen LogP contribution in [0.3, 0.4) is 0 Å². The lowest BCUT2D eigenvalue weighted by Crippen LogP contribution is -2.69. The number of ether oxygens (including phenoxy) is 2. The molecular formula is C26H35NO5. The molecule has 0 amide bonds. The summed E-state index contributed by atoms with van der Waals surface area (Å²) in [5, 5.41) is 0. The first-order valence-electron chi connectivity index (χ1n) is 12.4. The molecule has 6 fully saturated rings. The molecule has 0 aromatic heterocycles. The zero-order valence-electron chi connectivity index (χ0n) is 19.7. The average Bonchev–Trinajstić information content (AvgIpc) is 3.24. The van der Waals surface area contributed by atoms with Gasteiger partial charge in [-0.15, -0.1) is 0 Å². The number of fused-ring (bicyclic) bond motifs is 1. The average molecular weight is 442 g/mol. The van der Waals surface area contributed by atoms with Crippen molar-refractivity contribution in [3.8, 4) is 0 Å². The van der Waals surface area contributed by atoms with E-state index in [4.69, 9.17) is 9.47 Å². The van der Waals surface area contributed by atoms with Crippen molar-refractivity contribution in [3.63, 3.8) is 0 Å². The summed E-state index contributed by atoms with van der Waals surface area (Å²) in [6.07, 6.45) is 3.62. The van der Waals surface area contributed by atoms with Gasteiger partial charge in [-0.1, -0.05) is 20.4 Å². The van der Waals surface area contributed by atoms with Gasteiger partial charge < -0.3 is 9.47 Å². The van der Waals surface area contributed by atoms with Crippen molar-refractivity contribution < 1.29 is 23.9 Å². The molecule has 6 aliphatic rings. The van der Waals surface area contributed by atoms with Crippen molar-refractivity contribution in [2.24, 2.45) is 39.9 Å². The SMILES string of the molecule is C=C1[C@H]2C[C@@]3([C@@H]1OC(C)=O)[C@@H](CC2=O)[C@@]12[C@@H](OC(C)=O)CC[C@@]4(C)CN(CC)[C@H]1[C@@H]3C[C@H]42. The van der Waals surface area contributed by atoms with Gasteiger partial charge in [0, 0.05) is 49.6 Å². The van der Waals surface area contributed by atoms with Gasteiger partial charge in [0.2, 0.25) is 0 Å². The highest BCUT2D eigenvalue weighted by molar-refractivity contribution is 5.87. The maximum absolute atomic E-state index is 13.4. The normalized spacial score (nSPS) is 52.7. The van der Waals surface area contributed by atoms with Crippen molar-refractivity contribution in [1.29, 1.82) is 0 Å². The van der Waals surface area contributed by atoms with Gasteiger partial charge in [-0.25, -0.2) is 0 Å². The second kappa shape index (κ2) is 6.25. The minimum Gasteiger partial charge on any atom is -0.462 e. The fourth-order valence-electron chi connectivity index (χ4n) is 10.4. The lowest BCUT2D eigenvalue weighted by Gasteiger charge is -2.65. The molecule has 0 radical (unpaired) electrons. The number of likely N-dealkylation sites (tertiary alicyclic amines) is 1. The number of carbonyl (C=O) groups excluding carboxylic acids is 3. The Morgan fingerprint density at radius 1 is 1.19 bits per heavy atom. The molecule has 6 nitrogen and oxygen atoms in total. The number of carbonyl (C=O) groups is 3. The summed E-state index contributed by atoms with van der Waals surface area (Å²) in [7, 11) is 0. The molecule has 1 aliphatic heterocycles. The van der Waals surface area contributed by atoms with Crippen LogP contribution in [-0.4, -0.2) is 54.0 Å². The second-order valence-electron chi connectivity index (χ2n) is 11.8.